The molecule has 1 aromatic rings. The molecule has 10 heavy (non-hydrogen) atoms. The van der Waals surface area contributed by atoms with Crippen molar-refractivity contribution in [2.75, 3.05) is 0 Å². The van der Waals surface area contributed by atoms with Gasteiger partial charge in [0.1, 0.15) is 5.15 Å². The van der Waals surface area contributed by atoms with Crippen LogP contribution in [0.3, 0.4) is 0 Å². The van der Waals surface area contributed by atoms with Crippen molar-refractivity contribution < 1.29 is 5.11 Å². The zero-order valence-corrected chi connectivity index (χ0v) is 5.78. The van der Waals surface area contributed by atoms with E-state index in [1.807, 2.05) is 0 Å². The molecule has 0 aliphatic heterocycles. The number of aliphatic hydroxyl groups is 1. The molecule has 0 fully saturated rings. The molecule has 4 heteroatoms. The number of aliphatic hydroxyl groups excluding tert-OH is 1. The van der Waals surface area contributed by atoms with Crippen molar-refractivity contribution in [3.8, 4) is 0 Å². The molecule has 1 aromatic heterocycles. The maximum Gasteiger partial charge on any atom is 0.148 e. The lowest BCUT2D eigenvalue weighted by Crippen LogP contribution is -1.82. The van der Waals surface area contributed by atoms with Gasteiger partial charge in [-0.15, -0.1) is 0 Å². The first-order chi connectivity index (χ1) is 4.83. The minimum Gasteiger partial charge on any atom is -0.516 e. The van der Waals surface area contributed by atoms with Crippen molar-refractivity contribution in [1.29, 1.82) is 0 Å². The Balaban J connectivity index is 2.95. The largest absolute Gasteiger partial charge is 0.516 e. The molecule has 0 bridgehead atoms. The molecule has 0 saturated carbocycles. The number of halogens is 1. The van der Waals surface area contributed by atoms with Crippen LogP contribution in [0.5, 0.6) is 0 Å². The molecule has 3 nitrogen and oxygen atoms in total. The summed E-state index contributed by atoms with van der Waals surface area (Å²) in [5, 5.41) is 8.63. The number of rotatable bonds is 1. The summed E-state index contributed by atoms with van der Waals surface area (Å²) in [6.45, 7) is 0. The third-order valence-electron chi connectivity index (χ3n) is 0.869. The number of nitrogens with zero attached hydrogens (tertiary/aromatic N) is 2. The van der Waals surface area contributed by atoms with Gasteiger partial charge in [-0.3, -0.25) is 4.98 Å². The normalized spacial score (nSPS) is 10.5. The van der Waals surface area contributed by atoms with Crippen LogP contribution in [0.1, 0.15) is 5.69 Å². The zero-order valence-electron chi connectivity index (χ0n) is 5.03. The first-order valence-corrected chi connectivity index (χ1v) is 2.99. The Kier molecular flexibility index (Phi) is 2.23. The van der Waals surface area contributed by atoms with Gasteiger partial charge >= 0.3 is 0 Å². The number of aromatic nitrogens is 2. The Labute approximate surface area is 63.0 Å². The van der Waals surface area contributed by atoms with Crippen LogP contribution < -0.4 is 0 Å². The molecular weight excluding hydrogens is 152 g/mol. The molecule has 0 amide bonds. The molecule has 0 aliphatic carbocycles. The molecule has 0 atom stereocenters. The lowest BCUT2D eigenvalue weighted by molar-refractivity contribution is 0.478. The van der Waals surface area contributed by atoms with Crippen LogP contribution in [0.2, 0.25) is 5.15 Å². The average Bonchev–Trinajstić information content (AvgIpc) is 1.88. The Morgan fingerprint density at radius 1 is 1.50 bits per heavy atom. The average molecular weight is 157 g/mol. The second kappa shape index (κ2) is 3.17. The van der Waals surface area contributed by atoms with E-state index in [-0.39, 0.29) is 0 Å². The minimum absolute atomic E-state index is 0.315. The van der Waals surface area contributed by atoms with E-state index in [0.717, 1.165) is 6.26 Å². The van der Waals surface area contributed by atoms with Crippen LogP contribution in [-0.4, -0.2) is 15.1 Å². The van der Waals surface area contributed by atoms with Crippen LogP contribution in [0, 0.1) is 0 Å². The third-order valence-corrected chi connectivity index (χ3v) is 1.05. The van der Waals surface area contributed by atoms with Crippen molar-refractivity contribution in [2.45, 2.75) is 0 Å². The molecule has 52 valence electrons. The highest BCUT2D eigenvalue weighted by Crippen LogP contribution is 2.02. The van der Waals surface area contributed by atoms with Gasteiger partial charge in [0.05, 0.1) is 24.3 Å². The van der Waals surface area contributed by atoms with E-state index in [9.17, 15) is 0 Å². The second-order valence-electron chi connectivity index (χ2n) is 1.58. The van der Waals surface area contributed by atoms with E-state index in [1.165, 1.54) is 18.5 Å². The van der Waals surface area contributed by atoms with Gasteiger partial charge in [0, 0.05) is 0 Å². The van der Waals surface area contributed by atoms with Crippen molar-refractivity contribution in [3.63, 3.8) is 0 Å². The summed E-state index contributed by atoms with van der Waals surface area (Å²) in [6, 6.07) is 0. The highest BCUT2D eigenvalue weighted by Gasteiger charge is 1.89. The Morgan fingerprint density at radius 2 is 2.30 bits per heavy atom. The lowest BCUT2D eigenvalue weighted by atomic mass is 10.4. The van der Waals surface area contributed by atoms with Gasteiger partial charge in [-0.25, -0.2) is 4.98 Å². The molecule has 0 unspecified atom stereocenters. The summed E-state index contributed by atoms with van der Waals surface area (Å²) < 4.78 is 0. The standard InChI is InChI=1S/C6H5ClN2O/c7-6-4-8-3-5(9-6)1-2-10/h1-4,10H/b2-1-. The van der Waals surface area contributed by atoms with Crippen molar-refractivity contribution in [1.82, 2.24) is 9.97 Å². The van der Waals surface area contributed by atoms with Crippen LogP contribution in [-0.2, 0) is 0 Å². The van der Waals surface area contributed by atoms with Crippen LogP contribution in [0.25, 0.3) is 6.08 Å². The van der Waals surface area contributed by atoms with Crippen molar-refractivity contribution in [2.24, 2.45) is 0 Å². The minimum atomic E-state index is 0.315. The molecule has 1 N–H and O–H groups in total. The fourth-order valence-corrected chi connectivity index (χ4v) is 0.667. The van der Waals surface area contributed by atoms with Crippen molar-refractivity contribution in [3.05, 3.63) is 29.5 Å². The van der Waals surface area contributed by atoms with Crippen LogP contribution in [0.15, 0.2) is 18.7 Å². The first-order valence-electron chi connectivity index (χ1n) is 2.61. The first kappa shape index (κ1) is 7.02. The molecular formula is C6H5ClN2O. The summed E-state index contributed by atoms with van der Waals surface area (Å²) in [4.78, 5) is 7.57. The van der Waals surface area contributed by atoms with Gasteiger partial charge in [0.2, 0.25) is 0 Å². The lowest BCUT2D eigenvalue weighted by Gasteiger charge is -1.89. The fraction of sp³-hybridized carbons (Fsp3) is 0. The molecule has 0 aliphatic rings. The third kappa shape index (κ3) is 1.70. The van der Waals surface area contributed by atoms with E-state index in [2.05, 4.69) is 9.97 Å². The van der Waals surface area contributed by atoms with Gasteiger partial charge in [0.15, 0.2) is 0 Å². The molecule has 1 rings (SSSR count). The van der Waals surface area contributed by atoms with E-state index in [1.54, 1.807) is 0 Å². The van der Waals surface area contributed by atoms with Crippen LogP contribution >= 0.6 is 11.6 Å². The SMILES string of the molecule is O/C=C\c1cncc(Cl)n1. The summed E-state index contributed by atoms with van der Waals surface area (Å²) in [5.74, 6) is 0. The van der Waals surface area contributed by atoms with Crippen LogP contribution in [0.4, 0.5) is 0 Å². The maximum absolute atomic E-state index is 8.32. The monoisotopic (exact) mass is 156 g/mol. The van der Waals surface area contributed by atoms with Gasteiger partial charge in [-0.1, -0.05) is 11.6 Å². The topological polar surface area (TPSA) is 46.0 Å². The van der Waals surface area contributed by atoms with Crippen molar-refractivity contribution >= 4 is 17.7 Å². The molecule has 0 spiro atoms. The quantitative estimate of drug-likeness (QED) is 0.629. The molecule has 0 aromatic carbocycles. The Bertz CT molecular complexity index is 249. The molecule has 0 saturated heterocycles. The summed E-state index contributed by atoms with van der Waals surface area (Å²) in [7, 11) is 0. The zero-order chi connectivity index (χ0) is 7.40. The summed E-state index contributed by atoms with van der Waals surface area (Å²) in [6.07, 6.45) is 5.22. The Hall–Kier alpha value is -1.09. The van der Waals surface area contributed by atoms with E-state index >= 15 is 0 Å². The number of hydrogen-bond donors (Lipinski definition) is 1. The highest BCUT2D eigenvalue weighted by atomic mass is 35.5. The summed E-state index contributed by atoms with van der Waals surface area (Å²) >= 11 is 5.49. The maximum atomic E-state index is 8.32. The van der Waals surface area contributed by atoms with E-state index in [0.29, 0.717) is 10.8 Å². The fourth-order valence-electron chi connectivity index (χ4n) is 0.513. The molecule has 0 radical (unpaired) electrons. The van der Waals surface area contributed by atoms with E-state index < -0.39 is 0 Å². The Morgan fingerprint density at radius 3 is 2.90 bits per heavy atom. The van der Waals surface area contributed by atoms with Gasteiger partial charge < -0.3 is 5.11 Å². The predicted molar refractivity (Wildman–Crippen MR) is 38.7 cm³/mol. The predicted octanol–water partition coefficient (Wildman–Crippen LogP) is 1.66. The molecule has 1 heterocycles. The second-order valence-corrected chi connectivity index (χ2v) is 1.97. The van der Waals surface area contributed by atoms with Gasteiger partial charge in [0.25, 0.3) is 0 Å². The smallest absolute Gasteiger partial charge is 0.148 e. The highest BCUT2D eigenvalue weighted by molar-refractivity contribution is 6.29. The van der Waals surface area contributed by atoms with Gasteiger partial charge in [-0.2, -0.15) is 0 Å². The van der Waals surface area contributed by atoms with Gasteiger partial charge in [-0.05, 0) is 6.08 Å². The van der Waals surface area contributed by atoms with E-state index in [4.69, 9.17) is 16.7 Å². The summed E-state index contributed by atoms with van der Waals surface area (Å²) in [5.41, 5.74) is 0.537. The number of hydrogen-bond acceptors (Lipinski definition) is 3.